The predicted molar refractivity (Wildman–Crippen MR) is 73.6 cm³/mol. The number of hydrogen-bond donors (Lipinski definition) is 2. The number of anilines is 2. The second kappa shape index (κ2) is 3.19. The van der Waals surface area contributed by atoms with E-state index in [0.29, 0.717) is 11.5 Å². The molecule has 0 radical (unpaired) electrons. The summed E-state index contributed by atoms with van der Waals surface area (Å²) in [5.74, 6) is 1.15. The topological polar surface area (TPSA) is 55.9 Å². The van der Waals surface area contributed by atoms with Crippen molar-refractivity contribution in [1.29, 1.82) is 0 Å². The first kappa shape index (κ1) is 10.2. The minimum absolute atomic E-state index is 0.463. The van der Waals surface area contributed by atoms with E-state index in [-0.39, 0.29) is 0 Å². The number of hydrogen-bond acceptors (Lipinski definition) is 3. The summed E-state index contributed by atoms with van der Waals surface area (Å²) in [6.45, 7) is 3.42. The molecule has 4 rings (SSSR count). The van der Waals surface area contributed by atoms with Crippen LogP contribution in [0.15, 0.2) is 18.2 Å². The third-order valence-corrected chi connectivity index (χ3v) is 4.57. The Morgan fingerprint density at radius 3 is 3.06 bits per heavy atom. The van der Waals surface area contributed by atoms with Gasteiger partial charge in [0.1, 0.15) is 5.82 Å². The molecule has 1 aromatic carbocycles. The molecular weight excluding hydrogens is 224 g/mol. The van der Waals surface area contributed by atoms with E-state index < -0.39 is 0 Å². The fraction of sp³-hybridized carbons (Fsp3) is 0.500. The average molecular weight is 242 g/mol. The predicted octanol–water partition coefficient (Wildman–Crippen LogP) is 2.78. The maximum absolute atomic E-state index is 5.88. The molecule has 3 N–H and O–H groups in total. The van der Waals surface area contributed by atoms with E-state index in [4.69, 9.17) is 10.8 Å². The maximum atomic E-state index is 5.88. The molecule has 2 heterocycles. The summed E-state index contributed by atoms with van der Waals surface area (Å²) in [6.07, 6.45) is 3.83. The van der Waals surface area contributed by atoms with Gasteiger partial charge in [-0.3, -0.25) is 0 Å². The van der Waals surface area contributed by atoms with Gasteiger partial charge in [-0.05, 0) is 42.9 Å². The highest BCUT2D eigenvalue weighted by Gasteiger charge is 2.47. The van der Waals surface area contributed by atoms with Crippen LogP contribution in [0, 0.1) is 5.41 Å². The third-order valence-electron chi connectivity index (χ3n) is 4.57. The lowest BCUT2D eigenvalue weighted by Crippen LogP contribution is -2.28. The molecule has 0 saturated heterocycles. The Hall–Kier alpha value is -1.71. The van der Waals surface area contributed by atoms with E-state index in [0.717, 1.165) is 29.0 Å². The van der Waals surface area contributed by atoms with Crippen molar-refractivity contribution in [1.82, 2.24) is 9.78 Å². The van der Waals surface area contributed by atoms with Crippen LogP contribution in [0.4, 0.5) is 11.5 Å². The lowest BCUT2D eigenvalue weighted by atomic mass is 9.95. The Labute approximate surface area is 106 Å². The fourth-order valence-corrected chi connectivity index (χ4v) is 3.15. The Kier molecular flexibility index (Phi) is 1.81. The number of nitrogens with one attached hydrogen (secondary N) is 1. The van der Waals surface area contributed by atoms with Crippen molar-refractivity contribution in [3.8, 4) is 0 Å². The Morgan fingerprint density at radius 2 is 2.28 bits per heavy atom. The number of nitrogens with zero attached hydrogens (tertiary/aromatic N) is 2. The van der Waals surface area contributed by atoms with Gasteiger partial charge in [-0.1, -0.05) is 6.92 Å². The average Bonchev–Trinajstić information content (AvgIpc) is 3.00. The molecule has 0 bridgehead atoms. The summed E-state index contributed by atoms with van der Waals surface area (Å²) in [5.41, 5.74) is 8.20. The number of nitrogens with two attached hydrogens (primary N) is 1. The standard InChI is InChI=1S/C14H18N4/c1-14(5-6-14)12-4-7-16-13-10-8-9(15)2-3-11(10)17-18(12)13/h2-3,8,12,16H,4-7,15H2,1H3. The molecule has 2 aromatic rings. The molecule has 1 saturated carbocycles. The minimum atomic E-state index is 0.463. The number of fused-ring (bicyclic) bond motifs is 3. The normalized spacial score (nSPS) is 24.6. The molecule has 1 atom stereocenters. The quantitative estimate of drug-likeness (QED) is 0.756. The van der Waals surface area contributed by atoms with E-state index in [1.807, 2.05) is 18.2 Å². The van der Waals surface area contributed by atoms with Gasteiger partial charge in [-0.25, -0.2) is 4.68 Å². The van der Waals surface area contributed by atoms with Gasteiger partial charge in [-0.2, -0.15) is 5.10 Å². The maximum Gasteiger partial charge on any atom is 0.132 e. The molecule has 94 valence electrons. The lowest BCUT2D eigenvalue weighted by molar-refractivity contribution is 0.286. The molecule has 1 unspecified atom stereocenters. The summed E-state index contributed by atoms with van der Waals surface area (Å²) < 4.78 is 2.21. The highest BCUT2D eigenvalue weighted by Crippen LogP contribution is 2.56. The van der Waals surface area contributed by atoms with Crippen LogP contribution in [0.5, 0.6) is 0 Å². The Morgan fingerprint density at radius 1 is 1.44 bits per heavy atom. The van der Waals surface area contributed by atoms with Crippen LogP contribution in [-0.4, -0.2) is 16.3 Å². The zero-order valence-electron chi connectivity index (χ0n) is 10.6. The SMILES string of the molecule is CC1(C2CCNc3c4cc(N)ccc4nn32)CC1. The second-order valence-corrected chi connectivity index (χ2v) is 5.96. The van der Waals surface area contributed by atoms with Crippen LogP contribution < -0.4 is 11.1 Å². The zero-order valence-corrected chi connectivity index (χ0v) is 10.6. The van der Waals surface area contributed by atoms with Crippen molar-refractivity contribution in [2.75, 3.05) is 17.6 Å². The van der Waals surface area contributed by atoms with Gasteiger partial charge in [0.2, 0.25) is 0 Å². The van der Waals surface area contributed by atoms with Gasteiger partial charge in [0.05, 0.1) is 11.6 Å². The van der Waals surface area contributed by atoms with E-state index in [2.05, 4.69) is 16.9 Å². The molecule has 1 fully saturated rings. The van der Waals surface area contributed by atoms with Gasteiger partial charge < -0.3 is 11.1 Å². The second-order valence-electron chi connectivity index (χ2n) is 5.96. The van der Waals surface area contributed by atoms with Crippen molar-refractivity contribution < 1.29 is 0 Å². The molecule has 1 aliphatic heterocycles. The largest absolute Gasteiger partial charge is 0.399 e. The number of rotatable bonds is 1. The van der Waals surface area contributed by atoms with Crippen LogP contribution in [0.1, 0.15) is 32.2 Å². The van der Waals surface area contributed by atoms with Crippen LogP contribution in [0.3, 0.4) is 0 Å². The van der Waals surface area contributed by atoms with Gasteiger partial charge in [0.25, 0.3) is 0 Å². The van der Waals surface area contributed by atoms with E-state index in [1.165, 1.54) is 19.3 Å². The number of nitrogen functional groups attached to an aromatic ring is 1. The minimum Gasteiger partial charge on any atom is -0.399 e. The Bertz CT molecular complexity index is 624. The molecular formula is C14H18N4. The highest BCUT2D eigenvalue weighted by molar-refractivity contribution is 5.92. The molecule has 2 aliphatic rings. The van der Waals surface area contributed by atoms with Crippen LogP contribution in [-0.2, 0) is 0 Å². The highest BCUT2D eigenvalue weighted by atomic mass is 15.4. The van der Waals surface area contributed by atoms with E-state index in [1.54, 1.807) is 0 Å². The summed E-state index contributed by atoms with van der Waals surface area (Å²) >= 11 is 0. The van der Waals surface area contributed by atoms with Crippen molar-refractivity contribution in [3.63, 3.8) is 0 Å². The summed E-state index contributed by atoms with van der Waals surface area (Å²) in [5, 5.41) is 9.42. The monoisotopic (exact) mass is 242 g/mol. The third kappa shape index (κ3) is 1.29. The van der Waals surface area contributed by atoms with Crippen molar-refractivity contribution in [3.05, 3.63) is 18.2 Å². The number of aromatic nitrogens is 2. The van der Waals surface area contributed by atoms with E-state index >= 15 is 0 Å². The summed E-state index contributed by atoms with van der Waals surface area (Å²) in [4.78, 5) is 0. The smallest absolute Gasteiger partial charge is 0.132 e. The molecule has 1 aromatic heterocycles. The molecule has 0 amide bonds. The molecule has 1 aliphatic carbocycles. The lowest BCUT2D eigenvalue weighted by Gasteiger charge is -2.30. The fourth-order valence-electron chi connectivity index (χ4n) is 3.15. The van der Waals surface area contributed by atoms with Gasteiger partial charge in [-0.15, -0.1) is 0 Å². The van der Waals surface area contributed by atoms with Crippen LogP contribution in [0.25, 0.3) is 10.9 Å². The first-order valence-electron chi connectivity index (χ1n) is 6.69. The summed E-state index contributed by atoms with van der Waals surface area (Å²) in [7, 11) is 0. The molecule has 4 heteroatoms. The zero-order chi connectivity index (χ0) is 12.3. The van der Waals surface area contributed by atoms with Crippen molar-refractivity contribution >= 4 is 22.4 Å². The summed E-state index contributed by atoms with van der Waals surface area (Å²) in [6, 6.07) is 6.51. The van der Waals surface area contributed by atoms with Crippen LogP contribution in [0.2, 0.25) is 0 Å². The first-order chi connectivity index (χ1) is 8.67. The Balaban J connectivity index is 1.93. The van der Waals surface area contributed by atoms with Gasteiger partial charge in [0, 0.05) is 17.6 Å². The van der Waals surface area contributed by atoms with Crippen LogP contribution >= 0.6 is 0 Å². The van der Waals surface area contributed by atoms with Gasteiger partial charge >= 0.3 is 0 Å². The number of benzene rings is 1. The van der Waals surface area contributed by atoms with E-state index in [9.17, 15) is 0 Å². The molecule has 18 heavy (non-hydrogen) atoms. The molecule has 0 spiro atoms. The van der Waals surface area contributed by atoms with Gasteiger partial charge in [0.15, 0.2) is 0 Å². The molecule has 4 nitrogen and oxygen atoms in total. The first-order valence-corrected chi connectivity index (χ1v) is 6.69. The van der Waals surface area contributed by atoms with Crippen molar-refractivity contribution in [2.45, 2.75) is 32.2 Å². The van der Waals surface area contributed by atoms with Crippen molar-refractivity contribution in [2.24, 2.45) is 5.41 Å².